The maximum atomic E-state index is 2.43. The van der Waals surface area contributed by atoms with E-state index in [0.717, 1.165) is 6.42 Å². The highest BCUT2D eigenvalue weighted by atomic mass is 28.3. The molecular formula is C20H19Si. The average molecular weight is 287 g/mol. The zero-order chi connectivity index (χ0) is 14.4. The number of allylic oxidation sites excluding steroid dienone is 4. The molecule has 0 heterocycles. The minimum absolute atomic E-state index is 0.845. The van der Waals surface area contributed by atoms with Crippen molar-refractivity contribution in [2.45, 2.75) is 19.5 Å². The smallest absolute Gasteiger partial charge is 0.0655 e. The van der Waals surface area contributed by atoms with Gasteiger partial charge in [-0.3, -0.25) is 0 Å². The maximum Gasteiger partial charge on any atom is 0.0655 e. The van der Waals surface area contributed by atoms with Gasteiger partial charge in [-0.05, 0) is 39.8 Å². The molecule has 0 atom stereocenters. The molecule has 2 aliphatic rings. The van der Waals surface area contributed by atoms with Gasteiger partial charge >= 0.3 is 0 Å². The summed E-state index contributed by atoms with van der Waals surface area (Å²) in [5.74, 6) is 0. The van der Waals surface area contributed by atoms with E-state index in [2.05, 4.69) is 74.1 Å². The number of fused-ring (bicyclic) bond motifs is 3. The summed E-state index contributed by atoms with van der Waals surface area (Å²) in [6.45, 7) is 4.85. The van der Waals surface area contributed by atoms with Gasteiger partial charge < -0.3 is 0 Å². The molecule has 0 spiro atoms. The summed E-state index contributed by atoms with van der Waals surface area (Å²) in [5.41, 5.74) is 8.62. The third-order valence-electron chi connectivity index (χ3n) is 4.54. The Balaban J connectivity index is 1.96. The summed E-state index contributed by atoms with van der Waals surface area (Å²) in [6.07, 6.45) is 10.2. The van der Waals surface area contributed by atoms with Crippen molar-refractivity contribution in [2.24, 2.45) is 0 Å². The lowest BCUT2D eigenvalue weighted by Gasteiger charge is -2.18. The Morgan fingerprint density at radius 1 is 0.952 bits per heavy atom. The second kappa shape index (κ2) is 4.85. The van der Waals surface area contributed by atoms with Crippen LogP contribution in [-0.4, -0.2) is 8.80 Å². The quantitative estimate of drug-likeness (QED) is 0.616. The van der Waals surface area contributed by atoms with E-state index in [1.807, 2.05) is 0 Å². The van der Waals surface area contributed by atoms with E-state index in [4.69, 9.17) is 0 Å². The fourth-order valence-corrected chi connectivity index (χ4v) is 4.92. The van der Waals surface area contributed by atoms with E-state index in [1.54, 1.807) is 5.19 Å². The largest absolute Gasteiger partial charge is 0.0801 e. The highest BCUT2D eigenvalue weighted by molar-refractivity contribution is 6.71. The monoisotopic (exact) mass is 287 g/mol. The minimum atomic E-state index is -0.845. The van der Waals surface area contributed by atoms with Gasteiger partial charge in [0.15, 0.2) is 0 Å². The zero-order valence-electron chi connectivity index (χ0n) is 12.6. The predicted molar refractivity (Wildman–Crippen MR) is 94.6 cm³/mol. The van der Waals surface area contributed by atoms with Crippen molar-refractivity contribution in [2.75, 3.05) is 0 Å². The van der Waals surface area contributed by atoms with Crippen molar-refractivity contribution in [1.29, 1.82) is 0 Å². The van der Waals surface area contributed by atoms with Crippen LogP contribution in [0.15, 0.2) is 54.6 Å². The van der Waals surface area contributed by atoms with Crippen LogP contribution in [0.3, 0.4) is 0 Å². The molecule has 103 valence electrons. The average Bonchev–Trinajstić information content (AvgIpc) is 3.13. The van der Waals surface area contributed by atoms with Crippen molar-refractivity contribution in [1.82, 2.24) is 0 Å². The van der Waals surface area contributed by atoms with E-state index in [1.165, 1.54) is 33.4 Å². The lowest BCUT2D eigenvalue weighted by Crippen LogP contribution is -2.27. The normalized spacial score (nSPS) is 15.3. The van der Waals surface area contributed by atoms with E-state index < -0.39 is 8.80 Å². The SMILES string of the molecule is C[SiH](C)c1ccc2c(c1C1=CC=CC1)[CH]c1ccccc1-2. The van der Waals surface area contributed by atoms with Gasteiger partial charge in [-0.15, -0.1) is 0 Å². The highest BCUT2D eigenvalue weighted by Crippen LogP contribution is 2.41. The second-order valence-electron chi connectivity index (χ2n) is 6.20. The molecule has 0 bridgehead atoms. The van der Waals surface area contributed by atoms with Crippen LogP contribution in [0.2, 0.25) is 13.1 Å². The van der Waals surface area contributed by atoms with Gasteiger partial charge in [0.05, 0.1) is 8.80 Å². The Hall–Kier alpha value is -1.86. The molecule has 2 aromatic rings. The van der Waals surface area contributed by atoms with Crippen LogP contribution in [0, 0.1) is 6.42 Å². The zero-order valence-corrected chi connectivity index (χ0v) is 13.7. The Labute approximate surface area is 128 Å². The van der Waals surface area contributed by atoms with E-state index in [-0.39, 0.29) is 0 Å². The molecule has 2 aliphatic carbocycles. The fourth-order valence-electron chi connectivity index (χ4n) is 3.52. The summed E-state index contributed by atoms with van der Waals surface area (Å²) < 4.78 is 0. The third-order valence-corrected chi connectivity index (χ3v) is 6.27. The molecule has 0 fully saturated rings. The molecule has 0 aliphatic heterocycles. The summed E-state index contributed by atoms with van der Waals surface area (Å²) in [5, 5.41) is 1.60. The van der Waals surface area contributed by atoms with Crippen molar-refractivity contribution in [3.05, 3.63) is 77.7 Å². The number of hydrogen-bond acceptors (Lipinski definition) is 0. The molecule has 0 N–H and O–H groups in total. The second-order valence-corrected chi connectivity index (χ2v) is 9.13. The summed E-state index contributed by atoms with van der Waals surface area (Å²) in [6, 6.07) is 13.5. The molecule has 0 unspecified atom stereocenters. The van der Waals surface area contributed by atoms with Gasteiger partial charge in [0.25, 0.3) is 0 Å². The molecular weight excluding hydrogens is 268 g/mol. The van der Waals surface area contributed by atoms with E-state index in [0.29, 0.717) is 0 Å². The van der Waals surface area contributed by atoms with Crippen LogP contribution in [0.25, 0.3) is 16.7 Å². The van der Waals surface area contributed by atoms with Gasteiger partial charge in [0.1, 0.15) is 0 Å². The van der Waals surface area contributed by atoms with Crippen molar-refractivity contribution < 1.29 is 0 Å². The first-order valence-electron chi connectivity index (χ1n) is 7.73. The molecule has 0 aromatic heterocycles. The standard InChI is InChI=1S/C20H19Si/c1-21(2)19-12-11-17-16-10-6-5-9-15(16)13-18(17)20(19)14-7-3-4-8-14/h3-7,9-13,21H,8H2,1-2H3. The Morgan fingerprint density at radius 3 is 2.57 bits per heavy atom. The summed E-state index contributed by atoms with van der Waals surface area (Å²) >= 11 is 0. The number of benzene rings is 2. The van der Waals surface area contributed by atoms with Gasteiger partial charge in [0.2, 0.25) is 0 Å². The first kappa shape index (κ1) is 12.8. The van der Waals surface area contributed by atoms with Crippen LogP contribution in [-0.2, 0) is 0 Å². The van der Waals surface area contributed by atoms with E-state index >= 15 is 0 Å². The lowest BCUT2D eigenvalue weighted by atomic mass is 9.95. The molecule has 0 saturated heterocycles. The fraction of sp³-hybridized carbons (Fsp3) is 0.150. The topological polar surface area (TPSA) is 0 Å². The molecule has 2 aromatic carbocycles. The number of rotatable bonds is 2. The molecule has 1 heteroatoms. The molecule has 0 amide bonds. The summed E-state index contributed by atoms with van der Waals surface area (Å²) in [7, 11) is -0.845. The Bertz CT molecular complexity index is 778. The van der Waals surface area contributed by atoms with Crippen LogP contribution >= 0.6 is 0 Å². The Morgan fingerprint density at radius 2 is 1.81 bits per heavy atom. The van der Waals surface area contributed by atoms with Gasteiger partial charge in [0, 0.05) is 6.42 Å². The molecule has 4 rings (SSSR count). The van der Waals surface area contributed by atoms with Crippen molar-refractivity contribution >= 4 is 19.6 Å². The van der Waals surface area contributed by atoms with Crippen molar-refractivity contribution in [3.8, 4) is 11.1 Å². The van der Waals surface area contributed by atoms with E-state index in [9.17, 15) is 0 Å². The molecule has 0 saturated carbocycles. The van der Waals surface area contributed by atoms with Gasteiger partial charge in [-0.2, -0.15) is 0 Å². The first-order chi connectivity index (χ1) is 10.3. The van der Waals surface area contributed by atoms with Gasteiger partial charge in [-0.25, -0.2) is 0 Å². The van der Waals surface area contributed by atoms with Gasteiger partial charge in [-0.1, -0.05) is 72.9 Å². The van der Waals surface area contributed by atoms with Crippen LogP contribution < -0.4 is 5.19 Å². The molecule has 1 radical (unpaired) electrons. The highest BCUT2D eigenvalue weighted by Gasteiger charge is 2.25. The predicted octanol–water partition coefficient (Wildman–Crippen LogP) is 4.30. The van der Waals surface area contributed by atoms with Crippen LogP contribution in [0.5, 0.6) is 0 Å². The molecule has 21 heavy (non-hydrogen) atoms. The first-order valence-corrected chi connectivity index (χ1v) is 10.6. The summed E-state index contributed by atoms with van der Waals surface area (Å²) in [4.78, 5) is 0. The maximum absolute atomic E-state index is 2.43. The number of hydrogen-bond donors (Lipinski definition) is 0. The minimum Gasteiger partial charge on any atom is -0.0801 e. The Kier molecular flexibility index (Phi) is 2.97. The third kappa shape index (κ3) is 1.96. The van der Waals surface area contributed by atoms with Crippen LogP contribution in [0.4, 0.5) is 0 Å². The lowest BCUT2D eigenvalue weighted by molar-refractivity contribution is 1.41. The van der Waals surface area contributed by atoms with Crippen molar-refractivity contribution in [3.63, 3.8) is 0 Å². The molecule has 0 nitrogen and oxygen atoms in total. The van der Waals surface area contributed by atoms with Crippen LogP contribution in [0.1, 0.15) is 23.1 Å².